The zero-order valence-electron chi connectivity index (χ0n) is 16.3. The van der Waals surface area contributed by atoms with Gasteiger partial charge >= 0.3 is 0 Å². The highest BCUT2D eigenvalue weighted by Crippen LogP contribution is 2.32. The summed E-state index contributed by atoms with van der Waals surface area (Å²) in [6.45, 7) is 0. The predicted octanol–water partition coefficient (Wildman–Crippen LogP) is 5.57. The quantitative estimate of drug-likeness (QED) is 0.455. The van der Waals surface area contributed by atoms with Crippen molar-refractivity contribution in [2.45, 2.75) is 0 Å². The molecule has 0 aliphatic rings. The lowest BCUT2D eigenvalue weighted by molar-refractivity contribution is 0.0827. The fourth-order valence-electron chi connectivity index (χ4n) is 3.09. The van der Waals surface area contributed by atoms with E-state index >= 15 is 0 Å². The SMILES string of the molecule is CN(C)C(=O)c1ccc(NC(=O)c2cc(-c3ccc(Cl)s3)nc3ccccc23)cc1. The van der Waals surface area contributed by atoms with Gasteiger partial charge in [0.05, 0.1) is 26.0 Å². The van der Waals surface area contributed by atoms with E-state index in [1.807, 2.05) is 36.4 Å². The van der Waals surface area contributed by atoms with Crippen molar-refractivity contribution < 1.29 is 9.59 Å². The number of nitrogens with zero attached hydrogens (tertiary/aromatic N) is 2. The number of thiophene rings is 1. The number of rotatable bonds is 4. The molecule has 30 heavy (non-hydrogen) atoms. The van der Waals surface area contributed by atoms with Crippen LogP contribution < -0.4 is 5.32 Å². The van der Waals surface area contributed by atoms with Crippen LogP contribution in [0.1, 0.15) is 20.7 Å². The van der Waals surface area contributed by atoms with Crippen molar-refractivity contribution in [3.8, 4) is 10.6 Å². The van der Waals surface area contributed by atoms with E-state index in [1.165, 1.54) is 16.2 Å². The van der Waals surface area contributed by atoms with Crippen LogP contribution in [-0.4, -0.2) is 35.8 Å². The molecule has 0 aliphatic heterocycles. The van der Waals surface area contributed by atoms with E-state index in [1.54, 1.807) is 44.4 Å². The summed E-state index contributed by atoms with van der Waals surface area (Å²) in [4.78, 5) is 32.2. The Bertz CT molecular complexity index is 1250. The van der Waals surface area contributed by atoms with E-state index in [-0.39, 0.29) is 11.8 Å². The second kappa shape index (κ2) is 8.26. The van der Waals surface area contributed by atoms with Crippen LogP contribution >= 0.6 is 22.9 Å². The lowest BCUT2D eigenvalue weighted by atomic mass is 10.1. The molecule has 0 saturated heterocycles. The number of hydrogen-bond donors (Lipinski definition) is 1. The maximum absolute atomic E-state index is 13.1. The number of anilines is 1. The van der Waals surface area contributed by atoms with Gasteiger partial charge in [-0.1, -0.05) is 29.8 Å². The smallest absolute Gasteiger partial charge is 0.256 e. The Morgan fingerprint density at radius 1 is 1.00 bits per heavy atom. The van der Waals surface area contributed by atoms with Crippen molar-refractivity contribution >= 4 is 51.3 Å². The molecule has 7 heteroatoms. The number of para-hydroxylation sites is 1. The first-order chi connectivity index (χ1) is 14.4. The molecular formula is C23H18ClN3O2S. The molecule has 1 N–H and O–H groups in total. The highest BCUT2D eigenvalue weighted by molar-refractivity contribution is 7.19. The number of nitrogens with one attached hydrogen (secondary N) is 1. The molecule has 0 bridgehead atoms. The van der Waals surface area contributed by atoms with E-state index in [4.69, 9.17) is 11.6 Å². The van der Waals surface area contributed by atoms with E-state index in [9.17, 15) is 9.59 Å². The number of amides is 2. The predicted molar refractivity (Wildman–Crippen MR) is 122 cm³/mol. The molecule has 2 heterocycles. The van der Waals surface area contributed by atoms with Gasteiger partial charge in [-0.3, -0.25) is 9.59 Å². The van der Waals surface area contributed by atoms with Gasteiger partial charge < -0.3 is 10.2 Å². The molecule has 0 atom stereocenters. The number of aromatic nitrogens is 1. The van der Waals surface area contributed by atoms with Gasteiger partial charge in [0, 0.05) is 30.7 Å². The lowest BCUT2D eigenvalue weighted by Crippen LogP contribution is -2.21. The number of carbonyl (C=O) groups is 2. The Morgan fingerprint density at radius 2 is 1.73 bits per heavy atom. The topological polar surface area (TPSA) is 62.3 Å². The molecule has 150 valence electrons. The van der Waals surface area contributed by atoms with Gasteiger partial charge in [0.2, 0.25) is 0 Å². The first-order valence-electron chi connectivity index (χ1n) is 9.21. The Kier molecular flexibility index (Phi) is 5.53. The molecule has 4 rings (SSSR count). The summed E-state index contributed by atoms with van der Waals surface area (Å²) in [7, 11) is 3.40. The molecule has 0 aliphatic carbocycles. The molecule has 4 aromatic rings. The summed E-state index contributed by atoms with van der Waals surface area (Å²) in [5.41, 5.74) is 3.12. The molecule has 0 radical (unpaired) electrons. The van der Waals surface area contributed by atoms with E-state index in [0.29, 0.717) is 26.8 Å². The number of hydrogen-bond acceptors (Lipinski definition) is 4. The molecule has 0 spiro atoms. The van der Waals surface area contributed by atoms with Crippen molar-refractivity contribution in [2.75, 3.05) is 19.4 Å². The maximum atomic E-state index is 13.1. The lowest BCUT2D eigenvalue weighted by Gasteiger charge is -2.12. The number of halogens is 1. The summed E-state index contributed by atoms with van der Waals surface area (Å²) < 4.78 is 0.665. The molecular weight excluding hydrogens is 418 g/mol. The van der Waals surface area contributed by atoms with Crippen molar-refractivity contribution in [3.05, 3.63) is 82.2 Å². The van der Waals surface area contributed by atoms with Crippen molar-refractivity contribution in [3.63, 3.8) is 0 Å². The highest BCUT2D eigenvalue weighted by atomic mass is 35.5. The summed E-state index contributed by atoms with van der Waals surface area (Å²) in [6, 6.07) is 19.9. The van der Waals surface area contributed by atoms with Gasteiger partial charge in [0.1, 0.15) is 0 Å². The molecule has 2 amide bonds. The minimum atomic E-state index is -0.246. The monoisotopic (exact) mass is 435 g/mol. The molecule has 0 unspecified atom stereocenters. The van der Waals surface area contributed by atoms with Crippen LogP contribution in [0.2, 0.25) is 4.34 Å². The van der Waals surface area contributed by atoms with Crippen LogP contribution in [0.25, 0.3) is 21.5 Å². The van der Waals surface area contributed by atoms with Gasteiger partial charge in [-0.15, -0.1) is 11.3 Å². The molecule has 2 aromatic carbocycles. The first-order valence-corrected chi connectivity index (χ1v) is 10.4. The van der Waals surface area contributed by atoms with E-state index in [2.05, 4.69) is 10.3 Å². The summed E-state index contributed by atoms with van der Waals surface area (Å²) in [5, 5.41) is 3.68. The third-order valence-corrected chi connectivity index (χ3v) is 5.84. The average Bonchev–Trinajstić information content (AvgIpc) is 3.19. The zero-order valence-corrected chi connectivity index (χ0v) is 17.9. The van der Waals surface area contributed by atoms with Crippen molar-refractivity contribution in [1.82, 2.24) is 9.88 Å². The fraction of sp³-hybridized carbons (Fsp3) is 0.0870. The van der Waals surface area contributed by atoms with Crippen LogP contribution in [0.15, 0.2) is 66.7 Å². The van der Waals surface area contributed by atoms with E-state index < -0.39 is 0 Å². The van der Waals surface area contributed by atoms with Gasteiger partial charge in [-0.2, -0.15) is 0 Å². The minimum absolute atomic E-state index is 0.0905. The summed E-state index contributed by atoms with van der Waals surface area (Å²) in [5.74, 6) is -0.337. The van der Waals surface area contributed by atoms with Crippen LogP contribution in [0.4, 0.5) is 5.69 Å². The molecule has 5 nitrogen and oxygen atoms in total. The summed E-state index contributed by atoms with van der Waals surface area (Å²) >= 11 is 7.49. The maximum Gasteiger partial charge on any atom is 0.256 e. The number of benzene rings is 2. The van der Waals surface area contributed by atoms with Gasteiger partial charge in [-0.05, 0) is 48.5 Å². The van der Waals surface area contributed by atoms with Crippen molar-refractivity contribution in [2.24, 2.45) is 0 Å². The Hall–Kier alpha value is -3.22. The minimum Gasteiger partial charge on any atom is -0.345 e. The highest BCUT2D eigenvalue weighted by Gasteiger charge is 2.15. The summed E-state index contributed by atoms with van der Waals surface area (Å²) in [6.07, 6.45) is 0. The first kappa shape index (κ1) is 20.1. The van der Waals surface area contributed by atoms with Crippen LogP contribution in [0.3, 0.4) is 0 Å². The Labute approximate surface area is 182 Å². The number of fused-ring (bicyclic) bond motifs is 1. The second-order valence-corrected chi connectivity index (χ2v) is 8.62. The normalized spacial score (nSPS) is 10.8. The molecule has 0 saturated carbocycles. The van der Waals surface area contributed by atoms with E-state index in [0.717, 1.165) is 15.8 Å². The second-order valence-electron chi connectivity index (χ2n) is 6.91. The van der Waals surface area contributed by atoms with Crippen LogP contribution in [-0.2, 0) is 0 Å². The van der Waals surface area contributed by atoms with Crippen LogP contribution in [0.5, 0.6) is 0 Å². The number of carbonyl (C=O) groups excluding carboxylic acids is 2. The largest absolute Gasteiger partial charge is 0.345 e. The van der Waals surface area contributed by atoms with Gasteiger partial charge in [0.15, 0.2) is 0 Å². The fourth-order valence-corrected chi connectivity index (χ4v) is 4.10. The Morgan fingerprint density at radius 3 is 2.40 bits per heavy atom. The Balaban J connectivity index is 1.68. The third kappa shape index (κ3) is 4.06. The molecule has 2 aromatic heterocycles. The van der Waals surface area contributed by atoms with Gasteiger partial charge in [0.25, 0.3) is 11.8 Å². The van der Waals surface area contributed by atoms with Crippen molar-refractivity contribution in [1.29, 1.82) is 0 Å². The van der Waals surface area contributed by atoms with Gasteiger partial charge in [-0.25, -0.2) is 4.98 Å². The average molecular weight is 436 g/mol. The third-order valence-electron chi connectivity index (χ3n) is 4.58. The number of pyridine rings is 1. The standard InChI is InChI=1S/C23H18ClN3O2S/c1-27(2)23(29)14-7-9-15(10-8-14)25-22(28)17-13-19(20-11-12-21(24)30-20)26-18-6-4-3-5-16(17)18/h3-13H,1-2H3,(H,25,28). The molecule has 0 fully saturated rings. The zero-order chi connectivity index (χ0) is 21.3. The van der Waals surface area contributed by atoms with Crippen LogP contribution in [0, 0.1) is 0 Å².